The molecule has 7 nitrogen and oxygen atoms in total. The lowest BCUT2D eigenvalue weighted by atomic mass is 9.63. The molecule has 5 heterocycles. The number of ether oxygens (including phenoxy) is 1. The van der Waals surface area contributed by atoms with Crippen molar-refractivity contribution in [3.05, 3.63) is 222 Å². The second kappa shape index (κ2) is 19.2. The topological polar surface area (TPSA) is 62.1 Å². The van der Waals surface area contributed by atoms with E-state index in [1.807, 2.05) is 12.3 Å². The summed E-state index contributed by atoms with van der Waals surface area (Å²) < 4.78 is 27.8. The smallest absolute Gasteiger partial charge is 0.269 e. The predicted molar refractivity (Wildman–Crippen MR) is 374 cm³/mol. The Morgan fingerprint density at radius 1 is 0.407 bits per heavy atom. The number of hydrogen-bond donors (Lipinski definition) is 0. The van der Waals surface area contributed by atoms with Crippen molar-refractivity contribution in [3.8, 4) is 50.9 Å². The molecule has 5 aromatic heterocycles. The Morgan fingerprint density at radius 3 is 1.52 bits per heavy atom. The molecule has 0 aliphatic heterocycles. The van der Waals surface area contributed by atoms with Crippen LogP contribution < -0.4 is 9.30 Å². The number of para-hydroxylation sites is 4. The molecular weight excluding hydrogens is 1110 g/mol. The van der Waals surface area contributed by atoms with E-state index in [1.165, 1.54) is 49.5 Å². The number of imidazole rings is 1. The molecule has 0 saturated carbocycles. The van der Waals surface area contributed by atoms with Crippen LogP contribution in [0.3, 0.4) is 0 Å². The monoisotopic (exact) mass is 1190 g/mol. The molecule has 0 saturated heterocycles. The van der Waals surface area contributed by atoms with Gasteiger partial charge in [0.05, 0.1) is 33.4 Å². The first-order valence-electron chi connectivity index (χ1n) is 33.0. The molecule has 7 heteroatoms. The summed E-state index contributed by atoms with van der Waals surface area (Å²) in [6.45, 7) is 28.7. The zero-order valence-corrected chi connectivity index (χ0v) is 54.6. The summed E-state index contributed by atoms with van der Waals surface area (Å²) in [5, 5.41) is 6.95. The lowest BCUT2D eigenvalue weighted by Crippen LogP contribution is -2.35. The minimum atomic E-state index is -0.0546. The van der Waals surface area contributed by atoms with E-state index in [-0.39, 0.29) is 32.5 Å². The maximum absolute atomic E-state index is 7.01. The van der Waals surface area contributed by atoms with E-state index in [2.05, 4.69) is 273 Å². The van der Waals surface area contributed by atoms with Crippen LogP contribution in [-0.4, -0.2) is 14.1 Å². The van der Waals surface area contributed by atoms with Gasteiger partial charge in [-0.05, 0) is 212 Å². The Hall–Kier alpha value is -9.20. The van der Waals surface area contributed by atoms with Gasteiger partial charge in [0, 0.05) is 50.1 Å². The second-order valence-corrected chi connectivity index (χ2v) is 30.9. The number of nitrogens with zero attached hydrogens (tertiary/aromatic N) is 4. The first kappa shape index (κ1) is 55.8. The summed E-state index contributed by atoms with van der Waals surface area (Å²) in [7, 11) is 0. The van der Waals surface area contributed by atoms with Crippen molar-refractivity contribution in [3.63, 3.8) is 0 Å². The Labute approximate surface area is 532 Å². The molecule has 3 aliphatic carbocycles. The average Bonchev–Trinajstić information content (AvgIpc) is 1.71. The molecule has 14 aromatic rings. The van der Waals surface area contributed by atoms with E-state index in [0.29, 0.717) is 0 Å². The summed E-state index contributed by atoms with van der Waals surface area (Å²) in [4.78, 5) is 5.23. The van der Waals surface area contributed by atoms with Gasteiger partial charge in [0.25, 0.3) is 6.33 Å². The third-order valence-corrected chi connectivity index (χ3v) is 22.2. The minimum Gasteiger partial charge on any atom is -0.458 e. The molecule has 452 valence electrons. The predicted octanol–water partition coefficient (Wildman–Crippen LogP) is 22.2. The van der Waals surface area contributed by atoms with Crippen LogP contribution in [0.15, 0.2) is 191 Å². The van der Waals surface area contributed by atoms with Crippen molar-refractivity contribution in [2.75, 3.05) is 0 Å². The molecule has 0 amide bonds. The van der Waals surface area contributed by atoms with Crippen LogP contribution >= 0.6 is 0 Å². The van der Waals surface area contributed by atoms with Crippen molar-refractivity contribution < 1.29 is 18.1 Å². The van der Waals surface area contributed by atoms with Gasteiger partial charge in [0.15, 0.2) is 0 Å². The number of pyridine rings is 1. The lowest BCUT2D eigenvalue weighted by Gasteiger charge is -2.42. The van der Waals surface area contributed by atoms with Crippen LogP contribution in [0.5, 0.6) is 11.5 Å². The molecule has 0 unspecified atom stereocenters. The maximum Gasteiger partial charge on any atom is 0.269 e. The fourth-order valence-corrected chi connectivity index (χ4v) is 16.5. The van der Waals surface area contributed by atoms with Gasteiger partial charge in [0.1, 0.15) is 39.6 Å². The minimum absolute atomic E-state index is 0.0379. The zero-order chi connectivity index (χ0) is 62.5. The highest BCUT2D eigenvalue weighted by molar-refractivity contribution is 6.11. The summed E-state index contributed by atoms with van der Waals surface area (Å²) in [5.74, 6) is 2.46. The summed E-state index contributed by atoms with van der Waals surface area (Å²) in [6, 6.07) is 64.4. The molecule has 0 radical (unpaired) electrons. The number of aromatic nitrogens is 4. The molecule has 91 heavy (non-hydrogen) atoms. The highest BCUT2D eigenvalue weighted by atomic mass is 16.5. The van der Waals surface area contributed by atoms with E-state index in [9.17, 15) is 0 Å². The van der Waals surface area contributed by atoms with E-state index >= 15 is 0 Å². The number of hydrogen-bond acceptors (Lipinski definition) is 4. The van der Waals surface area contributed by atoms with Crippen LogP contribution in [0.4, 0.5) is 0 Å². The Kier molecular flexibility index (Phi) is 11.8. The molecule has 17 rings (SSSR count). The van der Waals surface area contributed by atoms with Gasteiger partial charge in [-0.1, -0.05) is 162 Å². The number of fused-ring (bicyclic) bond motifs is 13. The van der Waals surface area contributed by atoms with Crippen molar-refractivity contribution in [1.82, 2.24) is 14.1 Å². The molecular formula is C84H78N4O3. The number of benzene rings is 9. The fraction of sp³-hybridized carbons (Fsp3) is 0.286. The lowest BCUT2D eigenvalue weighted by molar-refractivity contribution is -0.571. The van der Waals surface area contributed by atoms with Crippen LogP contribution in [0.2, 0.25) is 0 Å². The van der Waals surface area contributed by atoms with Crippen LogP contribution in [0.25, 0.3) is 116 Å². The largest absolute Gasteiger partial charge is 0.458 e. The van der Waals surface area contributed by atoms with Crippen molar-refractivity contribution in [2.24, 2.45) is 0 Å². The summed E-state index contributed by atoms with van der Waals surface area (Å²) in [6.07, 6.45) is 12.8. The number of furan rings is 2. The van der Waals surface area contributed by atoms with Crippen LogP contribution in [0, 0.1) is 6.33 Å². The Bertz CT molecular complexity index is 5240. The molecule has 0 atom stereocenters. The summed E-state index contributed by atoms with van der Waals surface area (Å²) in [5.41, 5.74) is 22.6. The fourth-order valence-electron chi connectivity index (χ4n) is 16.5. The standard InChI is InChI=1S/C84H78N4O3/c1-79(2)38-39-84(11,12)76-63(79)33-40-85-78(76)88-68-24-14-13-21-57(68)58-32-29-54(44-71(58)88)89-53-20-17-19-52(43-53)86-49-87(70-26-16-15-25-69(70)86)77-55(50-27-30-59-61-45-64-66(47-74(61)90-72(59)41-50)82(7,8)36-34-80(64,3)4)22-18-23-56(77)51-28-31-60-62-46-65-67(48-75(62)91-73(60)42-51)83(9,10)37-35-81(65,5)6/h13-33,40-48H,34-39H2,1-12H3. The summed E-state index contributed by atoms with van der Waals surface area (Å²) >= 11 is 0. The molecule has 0 spiro atoms. The van der Waals surface area contributed by atoms with Gasteiger partial charge in [-0.3, -0.25) is 13.7 Å². The Balaban J connectivity index is 0.816. The third-order valence-electron chi connectivity index (χ3n) is 22.2. The van der Waals surface area contributed by atoms with E-state index in [4.69, 9.17) is 18.6 Å². The van der Waals surface area contributed by atoms with E-state index in [1.54, 1.807) is 0 Å². The van der Waals surface area contributed by atoms with Crippen molar-refractivity contribution in [1.29, 1.82) is 0 Å². The normalized spacial score (nSPS) is 17.7. The first-order valence-corrected chi connectivity index (χ1v) is 33.0. The van der Waals surface area contributed by atoms with Gasteiger partial charge in [-0.25, -0.2) is 4.98 Å². The molecule has 0 bridgehead atoms. The van der Waals surface area contributed by atoms with Crippen LogP contribution in [0.1, 0.15) is 155 Å². The third kappa shape index (κ3) is 8.51. The van der Waals surface area contributed by atoms with Gasteiger partial charge in [-0.2, -0.15) is 0 Å². The maximum atomic E-state index is 7.01. The van der Waals surface area contributed by atoms with Gasteiger partial charge >= 0.3 is 0 Å². The quantitative estimate of drug-likeness (QED) is 0.118. The van der Waals surface area contributed by atoms with Crippen molar-refractivity contribution >= 4 is 76.7 Å². The average molecular weight is 1190 g/mol. The van der Waals surface area contributed by atoms with Crippen molar-refractivity contribution in [2.45, 2.75) is 154 Å². The number of rotatable bonds is 7. The highest BCUT2D eigenvalue weighted by Crippen LogP contribution is 2.53. The van der Waals surface area contributed by atoms with Crippen LogP contribution in [-0.2, 0) is 32.5 Å². The van der Waals surface area contributed by atoms with Gasteiger partial charge in [-0.15, -0.1) is 0 Å². The SMILES string of the molecule is CC1(C)CCC(C)(C)c2cc3c(cc21)oc1cc(-c2cccc(-c4ccc5c(c4)oc4cc6c(cc45)C(C)(C)CCC6(C)C)c2-[n+]2[c-]n(-c4cccc(Oc5ccc6c7ccccc7n(-c7nccc8c7C(C)(C)CCC8(C)C)c6c5)c4)c4ccccc42)ccc13. The molecule has 9 aromatic carbocycles. The molecule has 0 N–H and O–H groups in total. The van der Waals surface area contributed by atoms with E-state index < -0.39 is 0 Å². The van der Waals surface area contributed by atoms with Gasteiger partial charge in [0.2, 0.25) is 0 Å². The Morgan fingerprint density at radius 2 is 0.901 bits per heavy atom. The van der Waals surface area contributed by atoms with Gasteiger partial charge < -0.3 is 13.6 Å². The first-order chi connectivity index (χ1) is 43.5. The zero-order valence-electron chi connectivity index (χ0n) is 54.6. The second-order valence-electron chi connectivity index (χ2n) is 30.9. The van der Waals surface area contributed by atoms with E-state index in [0.717, 1.165) is 150 Å². The highest BCUT2D eigenvalue weighted by Gasteiger charge is 2.42. The molecule has 0 fully saturated rings. The molecule has 3 aliphatic rings.